The minimum atomic E-state index is -1.11. The van der Waals surface area contributed by atoms with Gasteiger partial charge in [-0.2, -0.15) is 0 Å². The summed E-state index contributed by atoms with van der Waals surface area (Å²) in [6, 6.07) is 10.7. The summed E-state index contributed by atoms with van der Waals surface area (Å²) in [6.45, 7) is 17.3. The fourth-order valence-electron chi connectivity index (χ4n) is 11.2. The Labute approximate surface area is 364 Å². The van der Waals surface area contributed by atoms with Gasteiger partial charge < -0.3 is 19.4 Å². The van der Waals surface area contributed by atoms with E-state index in [9.17, 15) is 24.0 Å². The first-order chi connectivity index (χ1) is 29.5. The van der Waals surface area contributed by atoms with Crippen molar-refractivity contribution in [2.75, 3.05) is 25.0 Å². The number of halogens is 2. The molecule has 5 heterocycles. The van der Waals surface area contributed by atoms with Gasteiger partial charge in [0.1, 0.15) is 29.4 Å². The molecule has 9 rings (SSSR count). The minimum Gasteiger partial charge on any atom is -0.489 e. The van der Waals surface area contributed by atoms with Crippen molar-refractivity contribution in [1.29, 1.82) is 0 Å². The first-order valence-electron chi connectivity index (χ1n) is 21.2. The summed E-state index contributed by atoms with van der Waals surface area (Å²) in [5.74, 6) is 4.33. The zero-order valence-corrected chi connectivity index (χ0v) is 36.0. The molecule has 2 saturated carbocycles. The quantitative estimate of drug-likeness (QED) is 0.163. The van der Waals surface area contributed by atoms with Crippen LogP contribution in [-0.4, -0.2) is 99.6 Å². The highest BCUT2D eigenvalue weighted by Crippen LogP contribution is 2.59. The van der Waals surface area contributed by atoms with Crippen LogP contribution in [0.15, 0.2) is 42.5 Å². The van der Waals surface area contributed by atoms with Crippen LogP contribution in [0.3, 0.4) is 0 Å². The molecule has 0 spiro atoms. The standard InChI is InChI=1S/C47H47ClFN7O6/c1-46(2)44(47(3,4)45(46)62-29-10-12-35(50-5)33(48)21-29)55-24-36-30(41(55)59)11-9-26(51-36)8-7-25-19-28(20-25)53(6)27-15-17-54(18-16-27)38-23-32-31(22-34(38)49)42(60)56(43(32)61)37-13-14-39(57)52-40(37)58/h9-12,21-23,25,27-28,37,44-45H,13-20,24H2,1-4,6H3,(H,52,57,58). The second kappa shape index (κ2) is 15.2. The fraction of sp³-hybridized carbons (Fsp3) is 0.468. The van der Waals surface area contributed by atoms with E-state index in [1.807, 2.05) is 21.9 Å². The van der Waals surface area contributed by atoms with Crippen molar-refractivity contribution in [1.82, 2.24) is 25.0 Å². The number of hydrogen-bond donors (Lipinski definition) is 1. The van der Waals surface area contributed by atoms with Crippen molar-refractivity contribution in [2.24, 2.45) is 16.7 Å². The molecule has 0 radical (unpaired) electrons. The maximum Gasteiger partial charge on any atom is 0.262 e. The van der Waals surface area contributed by atoms with Crippen LogP contribution in [0.25, 0.3) is 4.85 Å². The molecule has 5 amide bonds. The summed E-state index contributed by atoms with van der Waals surface area (Å²) in [4.78, 5) is 79.8. The lowest BCUT2D eigenvalue weighted by Crippen LogP contribution is -2.74. The Balaban J connectivity index is 0.776. The van der Waals surface area contributed by atoms with Gasteiger partial charge in [0.25, 0.3) is 17.7 Å². The van der Waals surface area contributed by atoms with E-state index in [-0.39, 0.29) is 70.5 Å². The normalized spacial score (nSPS) is 26.3. The van der Waals surface area contributed by atoms with Gasteiger partial charge in [-0.25, -0.2) is 14.2 Å². The molecule has 1 N–H and O–H groups in total. The van der Waals surface area contributed by atoms with E-state index in [0.29, 0.717) is 53.4 Å². The van der Waals surface area contributed by atoms with E-state index in [2.05, 4.69) is 61.6 Å². The number of piperidine rings is 2. The molecule has 2 saturated heterocycles. The number of imide groups is 2. The summed E-state index contributed by atoms with van der Waals surface area (Å²) < 4.78 is 22.0. The summed E-state index contributed by atoms with van der Waals surface area (Å²) >= 11 is 6.29. The molecule has 1 atom stereocenters. The number of hydrogen-bond acceptors (Lipinski definition) is 9. The lowest BCUT2D eigenvalue weighted by atomic mass is 9.49. The molecule has 4 aliphatic heterocycles. The summed E-state index contributed by atoms with van der Waals surface area (Å²) in [5.41, 5.74) is 1.84. The van der Waals surface area contributed by atoms with Gasteiger partial charge >= 0.3 is 0 Å². The first-order valence-corrected chi connectivity index (χ1v) is 21.5. The Morgan fingerprint density at radius 3 is 2.27 bits per heavy atom. The third kappa shape index (κ3) is 6.79. The summed E-state index contributed by atoms with van der Waals surface area (Å²) in [6.07, 6.45) is 3.27. The molecule has 3 aromatic rings. The number of rotatable bonds is 7. The average Bonchev–Trinajstić information content (AvgIpc) is 3.65. The number of benzene rings is 2. The van der Waals surface area contributed by atoms with Gasteiger partial charge in [0, 0.05) is 54.4 Å². The zero-order chi connectivity index (χ0) is 44.0. The van der Waals surface area contributed by atoms with Crippen LogP contribution in [0.4, 0.5) is 15.8 Å². The second-order valence-electron chi connectivity index (χ2n) is 18.7. The van der Waals surface area contributed by atoms with Crippen LogP contribution in [-0.2, 0) is 16.1 Å². The predicted molar refractivity (Wildman–Crippen MR) is 227 cm³/mol. The van der Waals surface area contributed by atoms with Gasteiger partial charge in [-0.1, -0.05) is 51.3 Å². The van der Waals surface area contributed by atoms with Crippen molar-refractivity contribution in [2.45, 2.75) is 103 Å². The van der Waals surface area contributed by atoms with Gasteiger partial charge in [0.15, 0.2) is 0 Å². The zero-order valence-electron chi connectivity index (χ0n) is 35.3. The molecule has 1 unspecified atom stereocenters. The highest BCUT2D eigenvalue weighted by Gasteiger charge is 2.67. The largest absolute Gasteiger partial charge is 0.489 e. The number of fused-ring (bicyclic) bond motifs is 2. The number of ether oxygens (including phenoxy) is 1. The van der Waals surface area contributed by atoms with Crippen molar-refractivity contribution in [3.63, 3.8) is 0 Å². The molecule has 1 aromatic heterocycles. The second-order valence-corrected chi connectivity index (χ2v) is 19.1. The topological polar surface area (TPSA) is 137 Å². The number of amides is 5. The maximum atomic E-state index is 15.5. The van der Waals surface area contributed by atoms with Crippen LogP contribution in [0, 0.1) is 41.0 Å². The Morgan fingerprint density at radius 2 is 1.61 bits per heavy atom. The highest BCUT2D eigenvalue weighted by atomic mass is 35.5. The number of aromatic nitrogens is 1. The number of carbonyl (C=O) groups is 5. The van der Waals surface area contributed by atoms with Gasteiger partial charge in [-0.05, 0) is 81.5 Å². The van der Waals surface area contributed by atoms with Crippen LogP contribution in [0.2, 0.25) is 5.02 Å². The number of pyridine rings is 1. The maximum absolute atomic E-state index is 15.5. The lowest BCUT2D eigenvalue weighted by molar-refractivity contribution is -0.199. The van der Waals surface area contributed by atoms with E-state index < -0.39 is 35.5 Å². The lowest BCUT2D eigenvalue weighted by Gasteiger charge is -2.65. The predicted octanol–water partition coefficient (Wildman–Crippen LogP) is 6.39. The molecule has 62 heavy (non-hydrogen) atoms. The average molecular weight is 860 g/mol. The van der Waals surface area contributed by atoms with Crippen LogP contribution >= 0.6 is 11.6 Å². The summed E-state index contributed by atoms with van der Waals surface area (Å²) in [5, 5.41) is 2.53. The number of nitrogens with zero attached hydrogens (tertiary/aromatic N) is 6. The van der Waals surface area contributed by atoms with E-state index in [4.69, 9.17) is 27.9 Å². The van der Waals surface area contributed by atoms with Gasteiger partial charge in [-0.3, -0.25) is 34.2 Å². The smallest absolute Gasteiger partial charge is 0.262 e. The Morgan fingerprint density at radius 1 is 0.919 bits per heavy atom. The number of nitrogens with one attached hydrogen (secondary N) is 1. The third-order valence-corrected chi connectivity index (χ3v) is 14.4. The Kier molecular flexibility index (Phi) is 10.2. The molecular weight excluding hydrogens is 813 g/mol. The molecule has 4 fully saturated rings. The first kappa shape index (κ1) is 41.5. The van der Waals surface area contributed by atoms with Gasteiger partial charge in [0.05, 0.1) is 46.2 Å². The molecule has 320 valence electrons. The van der Waals surface area contributed by atoms with E-state index in [1.165, 1.54) is 6.07 Å². The van der Waals surface area contributed by atoms with Gasteiger partial charge in [0.2, 0.25) is 17.5 Å². The minimum absolute atomic E-state index is 0.0112. The molecule has 6 aliphatic rings. The third-order valence-electron chi connectivity index (χ3n) is 14.1. The van der Waals surface area contributed by atoms with Crippen LogP contribution in [0.1, 0.15) is 109 Å². The van der Waals surface area contributed by atoms with E-state index >= 15 is 4.39 Å². The van der Waals surface area contributed by atoms with Crippen molar-refractivity contribution < 1.29 is 33.1 Å². The molecule has 0 bridgehead atoms. The molecule has 2 aromatic carbocycles. The molecular formula is C47H47ClFN7O6. The molecule has 13 nitrogen and oxygen atoms in total. The number of carbonyl (C=O) groups excluding carboxylic acids is 5. The summed E-state index contributed by atoms with van der Waals surface area (Å²) in [7, 11) is 2.13. The monoisotopic (exact) mass is 859 g/mol. The molecule has 15 heteroatoms. The fourth-order valence-corrected chi connectivity index (χ4v) is 11.4. The SMILES string of the molecule is [C-]#[N+]c1ccc(OC2C(C)(C)C(N3Cc4nc(C#CC5CC(N(C)C6CCN(c7cc8c(cc7F)C(=O)N(C7CCC(=O)NC7=O)C8=O)CC6)C5)ccc4C3=O)C2(C)C)cc1Cl. The Hall–Kier alpha value is -5.83. The van der Waals surface area contributed by atoms with Crippen molar-refractivity contribution >= 4 is 52.5 Å². The van der Waals surface area contributed by atoms with E-state index in [1.54, 1.807) is 18.2 Å². The van der Waals surface area contributed by atoms with E-state index in [0.717, 1.165) is 42.3 Å². The Bertz CT molecular complexity index is 2550. The van der Waals surface area contributed by atoms with Crippen LogP contribution in [0.5, 0.6) is 5.75 Å². The van der Waals surface area contributed by atoms with Crippen molar-refractivity contribution in [3.05, 3.63) is 92.8 Å². The van der Waals surface area contributed by atoms with Crippen molar-refractivity contribution in [3.8, 4) is 17.6 Å². The molecule has 2 aliphatic carbocycles. The van der Waals surface area contributed by atoms with Gasteiger partial charge in [-0.15, -0.1) is 0 Å². The van der Waals surface area contributed by atoms with Crippen LogP contribution < -0.4 is 15.0 Å². The highest BCUT2D eigenvalue weighted by molar-refractivity contribution is 6.33. The number of anilines is 1.